The first-order chi connectivity index (χ1) is 12.1. The summed E-state index contributed by atoms with van der Waals surface area (Å²) in [6, 6.07) is 0. The summed E-state index contributed by atoms with van der Waals surface area (Å²) in [6.07, 6.45) is 3.94. The summed E-state index contributed by atoms with van der Waals surface area (Å²) in [4.78, 5) is 22.9. The van der Waals surface area contributed by atoms with Crippen LogP contribution in [0.1, 0.15) is 66.7 Å². The minimum Gasteiger partial charge on any atom is -0.375 e. The van der Waals surface area contributed by atoms with Gasteiger partial charge in [-0.25, -0.2) is 0 Å². The third kappa shape index (κ3) is 14.5. The lowest BCUT2D eigenvalue weighted by molar-refractivity contribution is -0.124. The van der Waals surface area contributed by atoms with Crippen molar-refractivity contribution in [3.63, 3.8) is 0 Å². The fourth-order valence-electron chi connectivity index (χ4n) is 2.18. The summed E-state index contributed by atoms with van der Waals surface area (Å²) in [7, 11) is 0. The van der Waals surface area contributed by atoms with Crippen LogP contribution in [0.3, 0.4) is 0 Å². The Kier molecular flexibility index (Phi) is 13.2. The van der Waals surface area contributed by atoms with E-state index in [4.69, 9.17) is 9.47 Å². The van der Waals surface area contributed by atoms with Crippen LogP contribution < -0.4 is 10.6 Å². The maximum Gasteiger partial charge on any atom is 0.230 e. The van der Waals surface area contributed by atoms with Crippen LogP contribution in [-0.4, -0.2) is 54.6 Å². The Morgan fingerprint density at radius 1 is 0.885 bits per heavy atom. The lowest BCUT2D eigenvalue weighted by Crippen LogP contribution is -2.35. The molecule has 0 saturated carbocycles. The van der Waals surface area contributed by atoms with E-state index in [9.17, 15) is 9.59 Å². The quantitative estimate of drug-likeness (QED) is 0.305. The van der Waals surface area contributed by atoms with Gasteiger partial charge in [0.05, 0.1) is 29.7 Å². The highest BCUT2D eigenvalue weighted by Gasteiger charge is 2.23. The third-order valence-electron chi connectivity index (χ3n) is 4.04. The maximum absolute atomic E-state index is 11.7. The molecule has 154 valence electrons. The molecule has 26 heavy (non-hydrogen) atoms. The third-order valence-corrected chi connectivity index (χ3v) is 4.55. The van der Waals surface area contributed by atoms with E-state index in [1.807, 2.05) is 27.7 Å². The fraction of sp³-hybridized carbons (Fsp3) is 0.895. The Bertz CT molecular complexity index is 414. The molecule has 0 aromatic rings. The van der Waals surface area contributed by atoms with E-state index >= 15 is 0 Å². The number of alkyl halides is 1. The first-order valence-corrected chi connectivity index (χ1v) is 10.6. The van der Waals surface area contributed by atoms with Gasteiger partial charge in [-0.2, -0.15) is 0 Å². The van der Waals surface area contributed by atoms with Crippen molar-refractivity contribution >= 4 is 27.7 Å². The monoisotopic (exact) mass is 436 g/mol. The number of halogens is 1. The van der Waals surface area contributed by atoms with Crippen LogP contribution in [0.2, 0.25) is 0 Å². The lowest BCUT2D eigenvalue weighted by atomic mass is 10.0. The zero-order chi connectivity index (χ0) is 20.1. The maximum atomic E-state index is 11.7. The van der Waals surface area contributed by atoms with Gasteiger partial charge in [-0.1, -0.05) is 29.3 Å². The predicted molar refractivity (Wildman–Crippen MR) is 109 cm³/mol. The van der Waals surface area contributed by atoms with Crippen LogP contribution in [-0.2, 0) is 19.1 Å². The SMILES string of the molecule is CCCCNC(=O)CCOC(C)(C)CCOC(C)(C)CCNC(=O)CBr. The van der Waals surface area contributed by atoms with Gasteiger partial charge in [-0.05, 0) is 47.0 Å². The van der Waals surface area contributed by atoms with E-state index in [0.717, 1.165) is 32.2 Å². The van der Waals surface area contributed by atoms with Crippen molar-refractivity contribution in [3.05, 3.63) is 0 Å². The van der Waals surface area contributed by atoms with Crippen molar-refractivity contribution in [1.29, 1.82) is 0 Å². The molecule has 0 atom stereocenters. The number of carbonyl (C=O) groups is 2. The van der Waals surface area contributed by atoms with Gasteiger partial charge in [0, 0.05) is 19.5 Å². The van der Waals surface area contributed by atoms with Crippen LogP contribution in [0.5, 0.6) is 0 Å². The molecular weight excluding hydrogens is 400 g/mol. The molecule has 0 unspecified atom stereocenters. The summed E-state index contributed by atoms with van der Waals surface area (Å²) in [5, 5.41) is 6.03. The molecule has 0 aliphatic heterocycles. The van der Waals surface area contributed by atoms with Gasteiger partial charge in [0.1, 0.15) is 0 Å². The topological polar surface area (TPSA) is 76.7 Å². The number of ether oxygens (including phenoxy) is 2. The summed E-state index contributed by atoms with van der Waals surface area (Å²) in [5.41, 5.74) is -0.654. The van der Waals surface area contributed by atoms with E-state index in [2.05, 4.69) is 33.5 Å². The van der Waals surface area contributed by atoms with Crippen LogP contribution >= 0.6 is 15.9 Å². The van der Waals surface area contributed by atoms with E-state index < -0.39 is 0 Å². The number of amides is 2. The second-order valence-corrected chi connectivity index (χ2v) is 8.21. The highest BCUT2D eigenvalue weighted by atomic mass is 79.9. The Morgan fingerprint density at radius 2 is 1.46 bits per heavy atom. The average Bonchev–Trinajstić information content (AvgIpc) is 2.54. The zero-order valence-corrected chi connectivity index (χ0v) is 18.7. The standard InChI is InChI=1S/C19H37BrN2O4/c1-6-7-11-21-16(23)8-13-25-19(4,5)10-14-26-18(2,3)9-12-22-17(24)15-20/h6-15H2,1-5H3,(H,21,23)(H,22,24). The smallest absolute Gasteiger partial charge is 0.230 e. The molecule has 0 heterocycles. The highest BCUT2D eigenvalue weighted by Crippen LogP contribution is 2.19. The minimum absolute atomic E-state index is 0.0194. The Hall–Kier alpha value is -0.660. The number of hydrogen-bond acceptors (Lipinski definition) is 4. The fourth-order valence-corrected chi connectivity index (χ4v) is 2.38. The second-order valence-electron chi connectivity index (χ2n) is 7.65. The molecule has 0 bridgehead atoms. The number of carbonyl (C=O) groups excluding carboxylic acids is 2. The molecule has 6 nitrogen and oxygen atoms in total. The van der Waals surface area contributed by atoms with E-state index in [0.29, 0.717) is 31.5 Å². The largest absolute Gasteiger partial charge is 0.375 e. The van der Waals surface area contributed by atoms with Gasteiger partial charge in [0.15, 0.2) is 0 Å². The number of unbranched alkanes of at least 4 members (excludes halogenated alkanes) is 1. The molecule has 0 radical (unpaired) electrons. The Balaban J connectivity index is 3.93. The summed E-state index contributed by atoms with van der Waals surface area (Å²) in [6.45, 7) is 12.4. The number of hydrogen-bond donors (Lipinski definition) is 2. The molecule has 0 fully saturated rings. The van der Waals surface area contributed by atoms with Gasteiger partial charge in [0.2, 0.25) is 11.8 Å². The van der Waals surface area contributed by atoms with Crippen molar-refractivity contribution < 1.29 is 19.1 Å². The van der Waals surface area contributed by atoms with Gasteiger partial charge in [-0.15, -0.1) is 0 Å². The van der Waals surface area contributed by atoms with Gasteiger partial charge < -0.3 is 20.1 Å². The van der Waals surface area contributed by atoms with Crippen LogP contribution in [0.4, 0.5) is 0 Å². The number of nitrogens with one attached hydrogen (secondary N) is 2. The molecule has 7 heteroatoms. The van der Waals surface area contributed by atoms with Crippen LogP contribution in [0.15, 0.2) is 0 Å². The molecule has 0 aromatic heterocycles. The molecule has 2 amide bonds. The van der Waals surface area contributed by atoms with Crippen molar-refractivity contribution in [1.82, 2.24) is 10.6 Å². The van der Waals surface area contributed by atoms with Crippen molar-refractivity contribution in [3.8, 4) is 0 Å². The number of rotatable bonds is 15. The molecule has 0 spiro atoms. The first-order valence-electron chi connectivity index (χ1n) is 9.49. The predicted octanol–water partition coefficient (Wildman–Crippen LogP) is 3.17. The van der Waals surface area contributed by atoms with Crippen LogP contribution in [0, 0.1) is 0 Å². The summed E-state index contributed by atoms with van der Waals surface area (Å²) < 4.78 is 11.8. The molecule has 0 aromatic carbocycles. The van der Waals surface area contributed by atoms with Gasteiger partial charge >= 0.3 is 0 Å². The molecule has 0 rings (SSSR count). The highest BCUT2D eigenvalue weighted by molar-refractivity contribution is 9.09. The van der Waals surface area contributed by atoms with Gasteiger partial charge in [-0.3, -0.25) is 9.59 Å². The molecular formula is C19H37BrN2O4. The van der Waals surface area contributed by atoms with Gasteiger partial charge in [0.25, 0.3) is 0 Å². The Morgan fingerprint density at radius 3 is 2.08 bits per heavy atom. The minimum atomic E-state index is -0.343. The normalized spacial score (nSPS) is 12.1. The zero-order valence-electron chi connectivity index (χ0n) is 17.1. The molecule has 0 saturated heterocycles. The molecule has 0 aliphatic rings. The Labute approximate surface area is 167 Å². The first kappa shape index (κ1) is 25.3. The lowest BCUT2D eigenvalue weighted by Gasteiger charge is -2.30. The summed E-state index contributed by atoms with van der Waals surface area (Å²) in [5.74, 6) is 0.0197. The van der Waals surface area contributed by atoms with E-state index in [1.54, 1.807) is 0 Å². The molecule has 0 aliphatic carbocycles. The van der Waals surface area contributed by atoms with Crippen LogP contribution in [0.25, 0.3) is 0 Å². The van der Waals surface area contributed by atoms with Crippen molar-refractivity contribution in [2.45, 2.75) is 77.9 Å². The molecule has 2 N–H and O–H groups in total. The van der Waals surface area contributed by atoms with E-state index in [-0.39, 0.29) is 23.0 Å². The van der Waals surface area contributed by atoms with E-state index in [1.165, 1.54) is 0 Å². The summed E-state index contributed by atoms with van der Waals surface area (Å²) >= 11 is 3.12. The van der Waals surface area contributed by atoms with Crippen molar-refractivity contribution in [2.75, 3.05) is 31.6 Å². The average molecular weight is 437 g/mol. The van der Waals surface area contributed by atoms with Crippen molar-refractivity contribution in [2.24, 2.45) is 0 Å². The second kappa shape index (κ2) is 13.5.